The van der Waals surface area contributed by atoms with Gasteiger partial charge in [0.15, 0.2) is 11.5 Å². The zero-order valence-corrected chi connectivity index (χ0v) is 10.9. The van der Waals surface area contributed by atoms with Crippen molar-refractivity contribution in [3.05, 3.63) is 59.2 Å². The molecule has 0 fully saturated rings. The van der Waals surface area contributed by atoms with Gasteiger partial charge in [0.2, 0.25) is 0 Å². The van der Waals surface area contributed by atoms with Crippen molar-refractivity contribution >= 4 is 5.97 Å². The van der Waals surface area contributed by atoms with Crippen LogP contribution in [0, 0.1) is 23.0 Å². The Morgan fingerprint density at radius 2 is 1.81 bits per heavy atom. The monoisotopic (exact) mass is 289 g/mol. The molecule has 0 heterocycles. The van der Waals surface area contributed by atoms with E-state index in [2.05, 4.69) is 0 Å². The average Bonchev–Trinajstić information content (AvgIpc) is 2.47. The number of ether oxygens (including phenoxy) is 2. The van der Waals surface area contributed by atoms with Crippen molar-refractivity contribution in [1.29, 1.82) is 5.26 Å². The molecule has 0 aliphatic heterocycles. The SMILES string of the molecule is COc1cc(C#N)ccc1OC(=O)c1c(F)cccc1F. The summed E-state index contributed by atoms with van der Waals surface area (Å²) in [5.74, 6) is -3.16. The Balaban J connectivity index is 2.34. The number of esters is 1. The Bertz CT molecular complexity index is 718. The Morgan fingerprint density at radius 3 is 2.38 bits per heavy atom. The first kappa shape index (κ1) is 14.5. The third-order valence-corrected chi connectivity index (χ3v) is 2.66. The molecule has 0 amide bonds. The van der Waals surface area contributed by atoms with E-state index in [1.165, 1.54) is 25.3 Å². The molecule has 0 aliphatic rings. The van der Waals surface area contributed by atoms with Gasteiger partial charge in [-0.25, -0.2) is 13.6 Å². The molecule has 0 aliphatic carbocycles. The number of hydrogen-bond acceptors (Lipinski definition) is 4. The normalized spacial score (nSPS) is 9.81. The second-order valence-electron chi connectivity index (χ2n) is 3.96. The zero-order valence-electron chi connectivity index (χ0n) is 10.9. The number of carbonyl (C=O) groups is 1. The summed E-state index contributed by atoms with van der Waals surface area (Å²) < 4.78 is 36.9. The molecule has 0 N–H and O–H groups in total. The van der Waals surface area contributed by atoms with E-state index in [9.17, 15) is 13.6 Å². The molecule has 106 valence electrons. The summed E-state index contributed by atoms with van der Waals surface area (Å²) in [5, 5.41) is 8.77. The smallest absolute Gasteiger partial charge is 0.349 e. The van der Waals surface area contributed by atoms with E-state index >= 15 is 0 Å². The fourth-order valence-electron chi connectivity index (χ4n) is 1.67. The minimum Gasteiger partial charge on any atom is -0.493 e. The molecular formula is C15H9F2NO3. The molecule has 0 atom stereocenters. The van der Waals surface area contributed by atoms with E-state index in [0.717, 1.165) is 18.2 Å². The molecule has 2 aromatic rings. The summed E-state index contributed by atoms with van der Waals surface area (Å²) >= 11 is 0. The van der Waals surface area contributed by atoms with Crippen molar-refractivity contribution in [3.8, 4) is 17.6 Å². The standard InChI is InChI=1S/C15H9F2NO3/c1-20-13-7-9(8-18)5-6-12(13)21-15(19)14-10(16)3-2-4-11(14)17/h2-7H,1H3. The molecule has 0 bridgehead atoms. The summed E-state index contributed by atoms with van der Waals surface area (Å²) in [6.07, 6.45) is 0. The predicted molar refractivity (Wildman–Crippen MR) is 69.0 cm³/mol. The highest BCUT2D eigenvalue weighted by Crippen LogP contribution is 2.29. The van der Waals surface area contributed by atoms with Gasteiger partial charge in [0.25, 0.3) is 0 Å². The van der Waals surface area contributed by atoms with Gasteiger partial charge in [-0.3, -0.25) is 0 Å². The van der Waals surface area contributed by atoms with Crippen LogP contribution in [0.15, 0.2) is 36.4 Å². The lowest BCUT2D eigenvalue weighted by atomic mass is 10.2. The fourth-order valence-corrected chi connectivity index (χ4v) is 1.67. The van der Waals surface area contributed by atoms with Gasteiger partial charge in [-0.1, -0.05) is 6.07 Å². The van der Waals surface area contributed by atoms with Gasteiger partial charge in [0.1, 0.15) is 17.2 Å². The van der Waals surface area contributed by atoms with E-state index < -0.39 is 23.2 Å². The predicted octanol–water partition coefficient (Wildman–Crippen LogP) is 3.06. The van der Waals surface area contributed by atoms with Gasteiger partial charge in [-0.05, 0) is 24.3 Å². The van der Waals surface area contributed by atoms with Crippen LogP contribution in [-0.4, -0.2) is 13.1 Å². The van der Waals surface area contributed by atoms with Gasteiger partial charge >= 0.3 is 5.97 Å². The third-order valence-electron chi connectivity index (χ3n) is 2.66. The van der Waals surface area contributed by atoms with Crippen LogP contribution < -0.4 is 9.47 Å². The molecule has 2 aromatic carbocycles. The summed E-state index contributed by atoms with van der Waals surface area (Å²) in [7, 11) is 1.32. The number of nitriles is 1. The molecule has 0 spiro atoms. The van der Waals surface area contributed by atoms with Gasteiger partial charge in [0.05, 0.1) is 18.7 Å². The first-order valence-corrected chi connectivity index (χ1v) is 5.81. The summed E-state index contributed by atoms with van der Waals surface area (Å²) in [4.78, 5) is 11.9. The highest BCUT2D eigenvalue weighted by atomic mass is 19.1. The summed E-state index contributed by atoms with van der Waals surface area (Å²) in [5.41, 5.74) is -0.493. The van der Waals surface area contributed by atoms with Gasteiger partial charge < -0.3 is 9.47 Å². The molecule has 0 radical (unpaired) electrons. The van der Waals surface area contributed by atoms with Crippen LogP contribution in [0.4, 0.5) is 8.78 Å². The number of hydrogen-bond donors (Lipinski definition) is 0. The van der Waals surface area contributed by atoms with Crippen molar-refractivity contribution in [2.24, 2.45) is 0 Å². The first-order chi connectivity index (χ1) is 10.1. The van der Waals surface area contributed by atoms with Gasteiger partial charge in [-0.2, -0.15) is 5.26 Å². The maximum atomic E-state index is 13.5. The third kappa shape index (κ3) is 2.98. The zero-order chi connectivity index (χ0) is 15.4. The van der Waals surface area contributed by atoms with Crippen LogP contribution in [0.3, 0.4) is 0 Å². The van der Waals surface area contributed by atoms with Crippen molar-refractivity contribution in [2.45, 2.75) is 0 Å². The van der Waals surface area contributed by atoms with Crippen LogP contribution in [0.1, 0.15) is 15.9 Å². The molecule has 21 heavy (non-hydrogen) atoms. The van der Waals surface area contributed by atoms with Gasteiger partial charge in [-0.15, -0.1) is 0 Å². The second-order valence-corrected chi connectivity index (χ2v) is 3.96. The molecule has 2 rings (SSSR count). The molecular weight excluding hydrogens is 280 g/mol. The molecule has 6 heteroatoms. The average molecular weight is 289 g/mol. The number of halogens is 2. The molecule has 0 saturated heterocycles. The topological polar surface area (TPSA) is 59.3 Å². The second kappa shape index (κ2) is 6.01. The van der Waals surface area contributed by atoms with Crippen LogP contribution in [-0.2, 0) is 0 Å². The van der Waals surface area contributed by atoms with Crippen LogP contribution in [0.25, 0.3) is 0 Å². The molecule has 0 saturated carbocycles. The minimum absolute atomic E-state index is 0.0378. The van der Waals surface area contributed by atoms with Crippen molar-refractivity contribution in [2.75, 3.05) is 7.11 Å². The van der Waals surface area contributed by atoms with Crippen LogP contribution in [0.2, 0.25) is 0 Å². The first-order valence-electron chi connectivity index (χ1n) is 5.81. The maximum absolute atomic E-state index is 13.5. The van der Waals surface area contributed by atoms with Gasteiger partial charge in [0, 0.05) is 6.07 Å². The lowest BCUT2D eigenvalue weighted by Crippen LogP contribution is -2.13. The highest BCUT2D eigenvalue weighted by molar-refractivity contribution is 5.92. The van der Waals surface area contributed by atoms with E-state index in [4.69, 9.17) is 14.7 Å². The lowest BCUT2D eigenvalue weighted by Gasteiger charge is -2.10. The van der Waals surface area contributed by atoms with Crippen molar-refractivity contribution in [1.82, 2.24) is 0 Å². The lowest BCUT2D eigenvalue weighted by molar-refractivity contribution is 0.0719. The number of methoxy groups -OCH3 is 1. The largest absolute Gasteiger partial charge is 0.493 e. The maximum Gasteiger partial charge on any atom is 0.349 e. The summed E-state index contributed by atoms with van der Waals surface area (Å²) in [6, 6.07) is 9.00. The minimum atomic E-state index is -1.19. The van der Waals surface area contributed by atoms with E-state index in [1.807, 2.05) is 6.07 Å². The van der Waals surface area contributed by atoms with Crippen molar-refractivity contribution < 1.29 is 23.0 Å². The van der Waals surface area contributed by atoms with E-state index in [1.54, 1.807) is 0 Å². The van der Waals surface area contributed by atoms with E-state index in [-0.39, 0.29) is 11.5 Å². The quantitative estimate of drug-likeness (QED) is 0.643. The Kier molecular flexibility index (Phi) is 4.14. The van der Waals surface area contributed by atoms with Crippen LogP contribution >= 0.6 is 0 Å². The van der Waals surface area contributed by atoms with Crippen molar-refractivity contribution in [3.63, 3.8) is 0 Å². The molecule has 0 unspecified atom stereocenters. The Morgan fingerprint density at radius 1 is 1.14 bits per heavy atom. The van der Waals surface area contributed by atoms with E-state index in [0.29, 0.717) is 5.56 Å². The number of nitrogens with zero attached hydrogens (tertiary/aromatic N) is 1. The fraction of sp³-hybridized carbons (Fsp3) is 0.0667. The summed E-state index contributed by atoms with van der Waals surface area (Å²) in [6.45, 7) is 0. The van der Waals surface area contributed by atoms with Crippen LogP contribution in [0.5, 0.6) is 11.5 Å². The number of carbonyl (C=O) groups excluding carboxylic acids is 1. The Labute approximate surface area is 119 Å². The Hall–Kier alpha value is -2.94. The highest BCUT2D eigenvalue weighted by Gasteiger charge is 2.20. The number of benzene rings is 2. The molecule has 4 nitrogen and oxygen atoms in total. The number of rotatable bonds is 3. The molecule has 0 aromatic heterocycles.